The zero-order valence-corrected chi connectivity index (χ0v) is 21.0. The second-order valence-electron chi connectivity index (χ2n) is 8.94. The molecule has 0 bridgehead atoms. The number of amides is 1. The summed E-state index contributed by atoms with van der Waals surface area (Å²) in [6, 6.07) is 11.8. The minimum Gasteiger partial charge on any atom is -0.366 e. The number of fused-ring (bicyclic) bond motifs is 1. The van der Waals surface area contributed by atoms with E-state index in [9.17, 15) is 4.79 Å². The van der Waals surface area contributed by atoms with Crippen LogP contribution in [0.4, 0.5) is 11.4 Å². The van der Waals surface area contributed by atoms with Crippen molar-refractivity contribution in [1.82, 2.24) is 5.32 Å². The molecule has 1 fully saturated rings. The summed E-state index contributed by atoms with van der Waals surface area (Å²) in [6.45, 7) is 10.2. The van der Waals surface area contributed by atoms with Gasteiger partial charge in [0.1, 0.15) is 0 Å². The number of anilines is 1. The summed E-state index contributed by atoms with van der Waals surface area (Å²) < 4.78 is 0. The lowest BCUT2D eigenvalue weighted by molar-refractivity contribution is -0.115. The third-order valence-corrected chi connectivity index (χ3v) is 7.68. The molecule has 0 spiro atoms. The molecule has 1 atom stereocenters. The molecule has 2 aromatic carbocycles. The number of benzene rings is 2. The van der Waals surface area contributed by atoms with Crippen molar-refractivity contribution in [3.05, 3.63) is 62.5 Å². The molecule has 2 aliphatic rings. The second-order valence-corrected chi connectivity index (χ2v) is 10.8. The summed E-state index contributed by atoms with van der Waals surface area (Å²) in [6.07, 6.45) is 4.14. The van der Waals surface area contributed by atoms with Crippen molar-refractivity contribution in [2.24, 2.45) is 4.99 Å². The molecule has 168 valence electrons. The monoisotopic (exact) mass is 487 g/mol. The number of carbonyl (C=O) groups is 1. The highest BCUT2D eigenvalue weighted by Gasteiger charge is 2.35. The minimum absolute atomic E-state index is 0.135. The zero-order chi connectivity index (χ0) is 23.0. The fraction of sp³-hybridized carbons (Fsp3) is 0.360. The maximum Gasteiger partial charge on any atom is 0.264 e. The van der Waals surface area contributed by atoms with Gasteiger partial charge in [0.15, 0.2) is 5.17 Å². The largest absolute Gasteiger partial charge is 0.366 e. The van der Waals surface area contributed by atoms with E-state index in [1.807, 2.05) is 6.08 Å². The van der Waals surface area contributed by atoms with Crippen LogP contribution >= 0.6 is 35.0 Å². The average molecular weight is 488 g/mol. The molecule has 0 saturated carbocycles. The maximum absolute atomic E-state index is 12.6. The molecule has 1 unspecified atom stereocenters. The highest BCUT2D eigenvalue weighted by molar-refractivity contribution is 8.18. The maximum atomic E-state index is 12.6. The van der Waals surface area contributed by atoms with Crippen LogP contribution in [0.5, 0.6) is 0 Å². The molecule has 4 nitrogen and oxygen atoms in total. The highest BCUT2D eigenvalue weighted by Crippen LogP contribution is 2.44. The summed E-state index contributed by atoms with van der Waals surface area (Å²) in [7, 11) is 0. The standard InChI is InChI=1S/C25H27Cl2N3OS/c1-5-11-30-20-10-9-16(12-17(20)15(2)14-25(30,3)4)13-21-23(31)29-24(32-21)28-19-8-6-7-18(26)22(19)27/h6-10,12-13,15H,5,11,14H2,1-4H3,(H,28,29,31)/b21-13+. The van der Waals surface area contributed by atoms with Crippen molar-refractivity contribution in [2.45, 2.75) is 52.0 Å². The van der Waals surface area contributed by atoms with Gasteiger partial charge in [-0.2, -0.15) is 0 Å². The number of hydrogen-bond acceptors (Lipinski definition) is 4. The first-order chi connectivity index (χ1) is 15.2. The molecule has 0 aliphatic carbocycles. The molecule has 1 N–H and O–H groups in total. The van der Waals surface area contributed by atoms with Gasteiger partial charge in [0, 0.05) is 17.8 Å². The molecule has 0 aromatic heterocycles. The summed E-state index contributed by atoms with van der Waals surface area (Å²) in [5.74, 6) is 0.296. The number of hydrogen-bond donors (Lipinski definition) is 1. The predicted octanol–water partition coefficient (Wildman–Crippen LogP) is 7.39. The van der Waals surface area contributed by atoms with Gasteiger partial charge in [0.2, 0.25) is 0 Å². The zero-order valence-electron chi connectivity index (χ0n) is 18.7. The normalized spacial score (nSPS) is 22.4. The van der Waals surface area contributed by atoms with Crippen molar-refractivity contribution in [3.63, 3.8) is 0 Å². The Hall–Kier alpha value is -1.95. The van der Waals surface area contributed by atoms with E-state index in [4.69, 9.17) is 23.2 Å². The number of carbonyl (C=O) groups excluding carboxylic acids is 1. The smallest absolute Gasteiger partial charge is 0.264 e. The number of nitrogens with zero attached hydrogens (tertiary/aromatic N) is 2. The Bertz CT molecular complexity index is 1130. The lowest BCUT2D eigenvalue weighted by Gasteiger charge is -2.47. The van der Waals surface area contributed by atoms with Gasteiger partial charge in [0.05, 0.1) is 20.6 Å². The first-order valence-corrected chi connectivity index (χ1v) is 12.4. The van der Waals surface area contributed by atoms with Gasteiger partial charge in [-0.15, -0.1) is 0 Å². The van der Waals surface area contributed by atoms with Crippen molar-refractivity contribution >= 4 is 63.5 Å². The van der Waals surface area contributed by atoms with Gasteiger partial charge in [-0.25, -0.2) is 4.99 Å². The number of aliphatic imine (C=N–C) groups is 1. The molecule has 32 heavy (non-hydrogen) atoms. The Morgan fingerprint density at radius 2 is 2.06 bits per heavy atom. The molecule has 4 rings (SSSR count). The quantitative estimate of drug-likeness (QED) is 0.457. The fourth-order valence-electron chi connectivity index (χ4n) is 4.57. The Kier molecular flexibility index (Phi) is 6.62. The van der Waals surface area contributed by atoms with Gasteiger partial charge in [0.25, 0.3) is 5.91 Å². The molecular weight excluding hydrogens is 461 g/mol. The van der Waals surface area contributed by atoms with Gasteiger partial charge in [-0.05, 0) is 85.8 Å². The van der Waals surface area contributed by atoms with E-state index >= 15 is 0 Å². The molecule has 1 amide bonds. The van der Waals surface area contributed by atoms with Gasteiger partial charge < -0.3 is 10.2 Å². The van der Waals surface area contributed by atoms with E-state index in [0.717, 1.165) is 24.9 Å². The average Bonchev–Trinajstić information content (AvgIpc) is 3.07. The summed E-state index contributed by atoms with van der Waals surface area (Å²) >= 11 is 13.6. The Labute approximate surface area is 204 Å². The first kappa shape index (κ1) is 23.2. The lowest BCUT2D eigenvalue weighted by atomic mass is 9.79. The van der Waals surface area contributed by atoms with E-state index in [0.29, 0.717) is 31.7 Å². The molecule has 7 heteroatoms. The number of rotatable bonds is 4. The predicted molar refractivity (Wildman–Crippen MR) is 138 cm³/mol. The van der Waals surface area contributed by atoms with Crippen LogP contribution in [0.2, 0.25) is 10.0 Å². The van der Waals surface area contributed by atoms with Gasteiger partial charge >= 0.3 is 0 Å². The third kappa shape index (κ3) is 4.57. The van der Waals surface area contributed by atoms with Gasteiger partial charge in [-0.1, -0.05) is 49.2 Å². The lowest BCUT2D eigenvalue weighted by Crippen LogP contribution is -2.48. The molecule has 0 radical (unpaired) electrons. The Morgan fingerprint density at radius 3 is 2.81 bits per heavy atom. The molecule has 2 heterocycles. The van der Waals surface area contributed by atoms with E-state index in [1.165, 1.54) is 23.0 Å². The third-order valence-electron chi connectivity index (χ3n) is 5.96. The Balaban J connectivity index is 1.62. The van der Waals surface area contributed by atoms with E-state index in [-0.39, 0.29) is 11.4 Å². The summed E-state index contributed by atoms with van der Waals surface area (Å²) in [5, 5.41) is 4.12. The SMILES string of the molecule is CCCN1c2ccc(/C=C3/SC(=Nc4cccc(Cl)c4Cl)NC3=O)cc2C(C)CC1(C)C. The van der Waals surface area contributed by atoms with Crippen LogP contribution < -0.4 is 10.2 Å². The fourth-order valence-corrected chi connectivity index (χ4v) is 5.74. The molecule has 1 saturated heterocycles. The second kappa shape index (κ2) is 9.12. The Morgan fingerprint density at radius 1 is 1.28 bits per heavy atom. The van der Waals surface area contributed by atoms with Crippen LogP contribution in [0.15, 0.2) is 46.3 Å². The van der Waals surface area contributed by atoms with Crippen LogP contribution in [-0.2, 0) is 4.79 Å². The summed E-state index contributed by atoms with van der Waals surface area (Å²) in [5.41, 5.74) is 4.33. The van der Waals surface area contributed by atoms with E-state index in [1.54, 1.807) is 18.2 Å². The number of halogens is 2. The molecule has 2 aliphatic heterocycles. The van der Waals surface area contributed by atoms with Crippen LogP contribution in [0.1, 0.15) is 57.6 Å². The van der Waals surface area contributed by atoms with Crippen molar-refractivity contribution in [3.8, 4) is 0 Å². The van der Waals surface area contributed by atoms with E-state index < -0.39 is 0 Å². The van der Waals surface area contributed by atoms with Gasteiger partial charge in [-0.3, -0.25) is 4.79 Å². The van der Waals surface area contributed by atoms with Crippen molar-refractivity contribution in [2.75, 3.05) is 11.4 Å². The van der Waals surface area contributed by atoms with E-state index in [2.05, 4.69) is 61.1 Å². The van der Waals surface area contributed by atoms with Crippen LogP contribution in [-0.4, -0.2) is 23.2 Å². The molecule has 2 aromatic rings. The summed E-state index contributed by atoms with van der Waals surface area (Å²) in [4.78, 5) is 20.2. The van der Waals surface area contributed by atoms with Crippen molar-refractivity contribution < 1.29 is 4.79 Å². The number of amidine groups is 1. The van der Waals surface area contributed by atoms with Crippen LogP contribution in [0.25, 0.3) is 6.08 Å². The highest BCUT2D eigenvalue weighted by atomic mass is 35.5. The number of thioether (sulfide) groups is 1. The number of nitrogens with one attached hydrogen (secondary N) is 1. The molecular formula is C25H27Cl2N3OS. The van der Waals surface area contributed by atoms with Crippen LogP contribution in [0.3, 0.4) is 0 Å². The minimum atomic E-state index is -0.161. The van der Waals surface area contributed by atoms with Crippen molar-refractivity contribution in [1.29, 1.82) is 0 Å². The topological polar surface area (TPSA) is 44.7 Å². The first-order valence-electron chi connectivity index (χ1n) is 10.8. The van der Waals surface area contributed by atoms with Crippen LogP contribution in [0, 0.1) is 0 Å².